The van der Waals surface area contributed by atoms with Crippen LogP contribution in [0.4, 0.5) is 13.2 Å². The van der Waals surface area contributed by atoms with Gasteiger partial charge in [-0.05, 0) is 48.0 Å². The fourth-order valence-electron chi connectivity index (χ4n) is 1.96. The van der Waals surface area contributed by atoms with E-state index in [1.807, 2.05) is 6.92 Å². The molecule has 0 saturated carbocycles. The second-order valence-electron chi connectivity index (χ2n) is 4.26. The molecule has 0 amide bonds. The van der Waals surface area contributed by atoms with Crippen molar-refractivity contribution in [3.8, 4) is 0 Å². The zero-order chi connectivity index (χ0) is 14.8. The van der Waals surface area contributed by atoms with Crippen LogP contribution in [0.1, 0.15) is 29.9 Å². The van der Waals surface area contributed by atoms with Crippen molar-refractivity contribution in [2.24, 2.45) is 0 Å². The maximum absolute atomic E-state index is 12.8. The van der Waals surface area contributed by atoms with Crippen LogP contribution >= 0.6 is 11.6 Å². The Balaban J connectivity index is 2.39. The van der Waals surface area contributed by atoms with Crippen LogP contribution in [0.25, 0.3) is 0 Å². The number of hydrogen-bond donors (Lipinski definition) is 1. The highest BCUT2D eigenvalue weighted by Crippen LogP contribution is 2.32. The summed E-state index contributed by atoms with van der Waals surface area (Å²) < 4.78 is 43.6. The third-order valence-electron chi connectivity index (χ3n) is 2.83. The molecule has 1 atom stereocenters. The molecule has 2 aromatic rings. The summed E-state index contributed by atoms with van der Waals surface area (Å²) in [6.45, 7) is 2.45. The Morgan fingerprint density at radius 1 is 1.25 bits per heavy atom. The third-order valence-corrected chi connectivity index (χ3v) is 3.04. The molecule has 0 aliphatic rings. The summed E-state index contributed by atoms with van der Waals surface area (Å²) in [6, 6.07) is 7.91. The predicted octanol–water partition coefficient (Wildman–Crippen LogP) is 4.65. The van der Waals surface area contributed by atoms with Gasteiger partial charge in [-0.1, -0.05) is 19.1 Å². The van der Waals surface area contributed by atoms with E-state index < -0.39 is 17.8 Å². The van der Waals surface area contributed by atoms with Gasteiger partial charge in [-0.15, -0.1) is 0 Å². The lowest BCUT2D eigenvalue weighted by molar-refractivity contribution is -0.137. The molecule has 0 saturated heterocycles. The van der Waals surface area contributed by atoms with Gasteiger partial charge in [-0.25, -0.2) is 0 Å². The van der Waals surface area contributed by atoms with E-state index in [1.165, 1.54) is 6.07 Å². The maximum atomic E-state index is 12.8. The molecule has 6 heteroatoms. The first-order chi connectivity index (χ1) is 9.41. The van der Waals surface area contributed by atoms with Crippen molar-refractivity contribution in [2.75, 3.05) is 6.54 Å². The van der Waals surface area contributed by atoms with E-state index in [0.717, 1.165) is 12.1 Å². The molecule has 1 unspecified atom stereocenters. The van der Waals surface area contributed by atoms with Crippen molar-refractivity contribution in [3.05, 3.63) is 58.5 Å². The number of rotatable bonds is 4. The van der Waals surface area contributed by atoms with Crippen molar-refractivity contribution in [2.45, 2.75) is 19.1 Å². The Kier molecular flexibility index (Phi) is 4.40. The van der Waals surface area contributed by atoms with Gasteiger partial charge in [0.25, 0.3) is 0 Å². The highest BCUT2D eigenvalue weighted by molar-refractivity contribution is 6.28. The topological polar surface area (TPSA) is 25.2 Å². The van der Waals surface area contributed by atoms with E-state index in [2.05, 4.69) is 5.32 Å². The van der Waals surface area contributed by atoms with Crippen molar-refractivity contribution in [3.63, 3.8) is 0 Å². The molecule has 0 radical (unpaired) electrons. The number of nitrogens with one attached hydrogen (secondary N) is 1. The second kappa shape index (κ2) is 5.89. The highest BCUT2D eigenvalue weighted by Gasteiger charge is 2.31. The Hall–Kier alpha value is -1.46. The standard InChI is InChI=1S/C14H13ClF3NO/c1-2-19-13(11-6-7-12(15)20-11)9-4-3-5-10(8-9)14(16,17)18/h3-8,13,19H,2H2,1H3. The van der Waals surface area contributed by atoms with Gasteiger partial charge in [-0.3, -0.25) is 0 Å². The molecule has 1 aromatic heterocycles. The lowest BCUT2D eigenvalue weighted by Gasteiger charge is -2.17. The molecule has 0 aliphatic heterocycles. The smallest absolute Gasteiger partial charge is 0.416 e. The minimum atomic E-state index is -4.37. The van der Waals surface area contributed by atoms with Crippen LogP contribution in [0.15, 0.2) is 40.8 Å². The number of furan rings is 1. The Bertz CT molecular complexity index is 580. The molecule has 1 aromatic carbocycles. The SMILES string of the molecule is CCNC(c1cccc(C(F)(F)F)c1)c1ccc(Cl)o1. The van der Waals surface area contributed by atoms with Crippen LogP contribution < -0.4 is 5.32 Å². The number of benzene rings is 1. The molecule has 0 aliphatic carbocycles. The highest BCUT2D eigenvalue weighted by atomic mass is 35.5. The molecule has 0 spiro atoms. The molecule has 108 valence electrons. The first kappa shape index (κ1) is 14.9. The lowest BCUT2D eigenvalue weighted by Crippen LogP contribution is -2.22. The first-order valence-electron chi connectivity index (χ1n) is 6.07. The average Bonchev–Trinajstić information content (AvgIpc) is 2.81. The van der Waals surface area contributed by atoms with Crippen LogP contribution in [-0.2, 0) is 6.18 Å². The molecular formula is C14H13ClF3NO. The van der Waals surface area contributed by atoms with Gasteiger partial charge in [0.15, 0.2) is 5.22 Å². The Morgan fingerprint density at radius 3 is 2.55 bits per heavy atom. The fourth-order valence-corrected chi connectivity index (χ4v) is 2.12. The quantitative estimate of drug-likeness (QED) is 0.889. The zero-order valence-corrected chi connectivity index (χ0v) is 11.4. The summed E-state index contributed by atoms with van der Waals surface area (Å²) >= 11 is 5.72. The molecular weight excluding hydrogens is 291 g/mol. The van der Waals surface area contributed by atoms with Gasteiger partial charge in [0.05, 0.1) is 11.6 Å². The molecule has 0 bridgehead atoms. The summed E-state index contributed by atoms with van der Waals surface area (Å²) in [5.74, 6) is 0.483. The average molecular weight is 304 g/mol. The van der Waals surface area contributed by atoms with E-state index in [0.29, 0.717) is 17.9 Å². The van der Waals surface area contributed by atoms with E-state index >= 15 is 0 Å². The van der Waals surface area contributed by atoms with E-state index in [-0.39, 0.29) is 5.22 Å². The zero-order valence-electron chi connectivity index (χ0n) is 10.7. The minimum absolute atomic E-state index is 0.204. The molecule has 0 fully saturated rings. The first-order valence-corrected chi connectivity index (χ1v) is 6.45. The molecule has 1 heterocycles. The monoisotopic (exact) mass is 303 g/mol. The van der Waals surface area contributed by atoms with Gasteiger partial charge in [0, 0.05) is 0 Å². The van der Waals surface area contributed by atoms with Gasteiger partial charge in [0.2, 0.25) is 0 Å². The summed E-state index contributed by atoms with van der Waals surface area (Å²) in [6.07, 6.45) is -4.37. The van der Waals surface area contributed by atoms with Gasteiger partial charge >= 0.3 is 6.18 Å². The van der Waals surface area contributed by atoms with Crippen molar-refractivity contribution >= 4 is 11.6 Å². The van der Waals surface area contributed by atoms with Gasteiger partial charge < -0.3 is 9.73 Å². The lowest BCUT2D eigenvalue weighted by atomic mass is 10.0. The molecule has 1 N–H and O–H groups in total. The van der Waals surface area contributed by atoms with Crippen molar-refractivity contribution in [1.29, 1.82) is 0 Å². The molecule has 2 rings (SSSR count). The van der Waals surface area contributed by atoms with E-state index in [1.54, 1.807) is 18.2 Å². The predicted molar refractivity (Wildman–Crippen MR) is 70.7 cm³/mol. The third kappa shape index (κ3) is 3.35. The van der Waals surface area contributed by atoms with Gasteiger partial charge in [-0.2, -0.15) is 13.2 Å². The summed E-state index contributed by atoms with van der Waals surface area (Å²) in [5, 5.41) is 3.29. The van der Waals surface area contributed by atoms with Crippen LogP contribution in [-0.4, -0.2) is 6.54 Å². The van der Waals surface area contributed by atoms with E-state index in [9.17, 15) is 13.2 Å². The fraction of sp³-hybridized carbons (Fsp3) is 0.286. The largest absolute Gasteiger partial charge is 0.448 e. The van der Waals surface area contributed by atoms with E-state index in [4.69, 9.17) is 16.0 Å². The normalized spacial score (nSPS) is 13.4. The number of hydrogen-bond acceptors (Lipinski definition) is 2. The summed E-state index contributed by atoms with van der Waals surface area (Å²) in [7, 11) is 0. The Morgan fingerprint density at radius 2 is 2.00 bits per heavy atom. The summed E-state index contributed by atoms with van der Waals surface area (Å²) in [4.78, 5) is 0. The number of halogens is 4. The molecule has 20 heavy (non-hydrogen) atoms. The number of alkyl halides is 3. The van der Waals surface area contributed by atoms with Crippen LogP contribution in [0.2, 0.25) is 5.22 Å². The van der Waals surface area contributed by atoms with Crippen molar-refractivity contribution in [1.82, 2.24) is 5.32 Å². The Labute approximate surface area is 119 Å². The van der Waals surface area contributed by atoms with Gasteiger partial charge in [0.1, 0.15) is 5.76 Å². The van der Waals surface area contributed by atoms with Crippen LogP contribution in [0.3, 0.4) is 0 Å². The van der Waals surface area contributed by atoms with Crippen molar-refractivity contribution < 1.29 is 17.6 Å². The second-order valence-corrected chi connectivity index (χ2v) is 4.63. The maximum Gasteiger partial charge on any atom is 0.416 e. The van der Waals surface area contributed by atoms with Crippen LogP contribution in [0, 0.1) is 0 Å². The molecule has 2 nitrogen and oxygen atoms in total. The minimum Gasteiger partial charge on any atom is -0.448 e. The van der Waals surface area contributed by atoms with Crippen LogP contribution in [0.5, 0.6) is 0 Å². The summed E-state index contributed by atoms with van der Waals surface area (Å²) in [5.41, 5.74) is -0.205.